The van der Waals surface area contributed by atoms with E-state index in [2.05, 4.69) is 17.4 Å². The van der Waals surface area contributed by atoms with Gasteiger partial charge in [-0.05, 0) is 30.5 Å². The summed E-state index contributed by atoms with van der Waals surface area (Å²) in [5.74, 6) is -0.241. The van der Waals surface area contributed by atoms with E-state index in [1.54, 1.807) is 12.1 Å². The maximum Gasteiger partial charge on any atom is 0.251 e. The molecule has 2 aromatic carbocycles. The first kappa shape index (κ1) is 15.3. The van der Waals surface area contributed by atoms with Crippen LogP contribution in [0.5, 0.6) is 0 Å². The van der Waals surface area contributed by atoms with Gasteiger partial charge in [0, 0.05) is 12.1 Å². The van der Waals surface area contributed by atoms with Gasteiger partial charge < -0.3 is 10.2 Å². The third-order valence-electron chi connectivity index (χ3n) is 4.19. The first-order valence-electron chi connectivity index (χ1n) is 7.93. The largest absolute Gasteiger partial charge is 0.343 e. The molecular formula is C19H20N2O2. The van der Waals surface area contributed by atoms with Crippen LogP contribution in [0.3, 0.4) is 0 Å². The highest BCUT2D eigenvalue weighted by Gasteiger charge is 2.29. The number of carbonyl (C=O) groups excluding carboxylic acids is 2. The Kier molecular flexibility index (Phi) is 4.71. The lowest BCUT2D eigenvalue weighted by Gasteiger charge is -2.25. The molecule has 4 nitrogen and oxygen atoms in total. The molecule has 1 N–H and O–H groups in total. The first-order valence-corrected chi connectivity index (χ1v) is 7.93. The summed E-state index contributed by atoms with van der Waals surface area (Å²) in [7, 11) is 0. The summed E-state index contributed by atoms with van der Waals surface area (Å²) in [6.07, 6.45) is 1.97. The molecule has 1 fully saturated rings. The summed E-state index contributed by atoms with van der Waals surface area (Å²) in [6.45, 7) is 0.788. The third kappa shape index (κ3) is 3.59. The van der Waals surface area contributed by atoms with Crippen molar-refractivity contribution < 1.29 is 9.59 Å². The van der Waals surface area contributed by atoms with Crippen molar-refractivity contribution in [3.05, 3.63) is 71.8 Å². The molecule has 0 unspecified atom stereocenters. The number of carbonyl (C=O) groups is 2. The van der Waals surface area contributed by atoms with Gasteiger partial charge in [0.2, 0.25) is 5.91 Å². The number of benzene rings is 2. The molecule has 3 rings (SSSR count). The van der Waals surface area contributed by atoms with Gasteiger partial charge in [-0.15, -0.1) is 0 Å². The molecular weight excluding hydrogens is 288 g/mol. The minimum absolute atomic E-state index is 0.0272. The quantitative estimate of drug-likeness (QED) is 0.944. The summed E-state index contributed by atoms with van der Waals surface area (Å²) in [5.41, 5.74) is 1.73. The molecule has 4 heteroatoms. The van der Waals surface area contributed by atoms with Gasteiger partial charge in [-0.1, -0.05) is 48.5 Å². The monoisotopic (exact) mass is 308 g/mol. The SMILES string of the molecule is O=C(NCC(=O)N1CCC[C@@H]1c1ccccc1)c1ccccc1. The van der Waals surface area contributed by atoms with E-state index in [-0.39, 0.29) is 24.4 Å². The Morgan fingerprint density at radius 3 is 2.35 bits per heavy atom. The summed E-state index contributed by atoms with van der Waals surface area (Å²) in [6, 6.07) is 19.1. The van der Waals surface area contributed by atoms with Crippen LogP contribution in [-0.2, 0) is 4.79 Å². The Hall–Kier alpha value is -2.62. The van der Waals surface area contributed by atoms with E-state index in [0.717, 1.165) is 24.9 Å². The second-order valence-corrected chi connectivity index (χ2v) is 5.70. The van der Waals surface area contributed by atoms with Crippen molar-refractivity contribution in [3.8, 4) is 0 Å². The Balaban J connectivity index is 1.60. The Bertz CT molecular complexity index is 670. The van der Waals surface area contributed by atoms with Crippen molar-refractivity contribution in [3.63, 3.8) is 0 Å². The zero-order valence-electron chi connectivity index (χ0n) is 12.9. The molecule has 1 aliphatic heterocycles. The zero-order chi connectivity index (χ0) is 16.1. The van der Waals surface area contributed by atoms with Crippen LogP contribution < -0.4 is 5.32 Å². The van der Waals surface area contributed by atoms with Crippen molar-refractivity contribution in [2.75, 3.05) is 13.1 Å². The van der Waals surface area contributed by atoms with Gasteiger partial charge >= 0.3 is 0 Å². The molecule has 1 heterocycles. The summed E-state index contributed by atoms with van der Waals surface area (Å²) in [5, 5.41) is 2.72. The standard InChI is InChI=1S/C19H20N2O2/c22-18(14-20-19(23)16-10-5-2-6-11-16)21-13-7-12-17(21)15-8-3-1-4-9-15/h1-6,8-11,17H,7,12-14H2,(H,20,23)/t17-/m1/s1. The lowest BCUT2D eigenvalue weighted by atomic mass is 10.0. The fraction of sp³-hybridized carbons (Fsp3) is 0.263. The molecule has 1 aliphatic rings. The summed E-state index contributed by atoms with van der Waals surface area (Å²) in [4.78, 5) is 26.4. The number of hydrogen-bond acceptors (Lipinski definition) is 2. The molecule has 23 heavy (non-hydrogen) atoms. The molecule has 0 saturated carbocycles. The van der Waals surface area contributed by atoms with Crippen LogP contribution in [0.1, 0.15) is 34.8 Å². The lowest BCUT2D eigenvalue weighted by Crippen LogP contribution is -2.39. The predicted molar refractivity (Wildman–Crippen MR) is 88.9 cm³/mol. The molecule has 118 valence electrons. The van der Waals surface area contributed by atoms with Crippen LogP contribution >= 0.6 is 0 Å². The molecule has 0 aliphatic carbocycles. The van der Waals surface area contributed by atoms with Crippen LogP contribution in [0.15, 0.2) is 60.7 Å². The van der Waals surface area contributed by atoms with Gasteiger partial charge in [0.15, 0.2) is 0 Å². The molecule has 2 amide bonds. The predicted octanol–water partition coefficient (Wildman–Crippen LogP) is 2.78. The van der Waals surface area contributed by atoms with Crippen molar-refractivity contribution in [2.45, 2.75) is 18.9 Å². The number of nitrogens with zero attached hydrogens (tertiary/aromatic N) is 1. The number of rotatable bonds is 4. The lowest BCUT2D eigenvalue weighted by molar-refractivity contribution is -0.131. The average Bonchev–Trinajstić information content (AvgIpc) is 3.11. The van der Waals surface area contributed by atoms with Crippen LogP contribution in [0.4, 0.5) is 0 Å². The van der Waals surface area contributed by atoms with Crippen LogP contribution in [0.2, 0.25) is 0 Å². The van der Waals surface area contributed by atoms with Crippen LogP contribution in [0, 0.1) is 0 Å². The van der Waals surface area contributed by atoms with Gasteiger partial charge in [-0.2, -0.15) is 0 Å². The van der Waals surface area contributed by atoms with E-state index >= 15 is 0 Å². The number of nitrogens with one attached hydrogen (secondary N) is 1. The maximum atomic E-state index is 12.5. The van der Waals surface area contributed by atoms with Gasteiger partial charge in [-0.3, -0.25) is 9.59 Å². The summed E-state index contributed by atoms with van der Waals surface area (Å²) >= 11 is 0. The fourth-order valence-corrected chi connectivity index (χ4v) is 3.04. The van der Waals surface area contributed by atoms with E-state index in [4.69, 9.17) is 0 Å². The van der Waals surface area contributed by atoms with Gasteiger partial charge in [-0.25, -0.2) is 0 Å². The van der Waals surface area contributed by atoms with Gasteiger partial charge in [0.25, 0.3) is 5.91 Å². The second-order valence-electron chi connectivity index (χ2n) is 5.70. The van der Waals surface area contributed by atoms with E-state index in [1.807, 2.05) is 41.3 Å². The van der Waals surface area contributed by atoms with Crippen LogP contribution in [0.25, 0.3) is 0 Å². The zero-order valence-corrected chi connectivity index (χ0v) is 12.9. The number of amides is 2. The third-order valence-corrected chi connectivity index (χ3v) is 4.19. The summed E-state index contributed by atoms with van der Waals surface area (Å²) < 4.78 is 0. The molecule has 1 atom stereocenters. The molecule has 0 bridgehead atoms. The Labute approximate surface area is 136 Å². The highest BCUT2D eigenvalue weighted by Crippen LogP contribution is 2.31. The normalized spacial score (nSPS) is 17.0. The van der Waals surface area contributed by atoms with E-state index < -0.39 is 0 Å². The topological polar surface area (TPSA) is 49.4 Å². The highest BCUT2D eigenvalue weighted by atomic mass is 16.2. The number of likely N-dealkylation sites (tertiary alicyclic amines) is 1. The van der Waals surface area contributed by atoms with E-state index in [9.17, 15) is 9.59 Å². The Morgan fingerprint density at radius 2 is 1.65 bits per heavy atom. The van der Waals surface area contributed by atoms with E-state index in [1.165, 1.54) is 0 Å². The van der Waals surface area contributed by atoms with Crippen molar-refractivity contribution >= 4 is 11.8 Å². The van der Waals surface area contributed by atoms with Gasteiger partial charge in [0.05, 0.1) is 12.6 Å². The van der Waals surface area contributed by atoms with Crippen molar-refractivity contribution in [2.24, 2.45) is 0 Å². The van der Waals surface area contributed by atoms with Crippen molar-refractivity contribution in [1.29, 1.82) is 0 Å². The fourth-order valence-electron chi connectivity index (χ4n) is 3.04. The maximum absolute atomic E-state index is 12.5. The minimum Gasteiger partial charge on any atom is -0.343 e. The number of hydrogen-bond donors (Lipinski definition) is 1. The Morgan fingerprint density at radius 1 is 1.00 bits per heavy atom. The van der Waals surface area contributed by atoms with Crippen molar-refractivity contribution in [1.82, 2.24) is 10.2 Å². The average molecular weight is 308 g/mol. The molecule has 0 aromatic heterocycles. The van der Waals surface area contributed by atoms with E-state index in [0.29, 0.717) is 5.56 Å². The highest BCUT2D eigenvalue weighted by molar-refractivity contribution is 5.96. The molecule has 1 saturated heterocycles. The second kappa shape index (κ2) is 7.09. The smallest absolute Gasteiger partial charge is 0.251 e. The first-order chi connectivity index (χ1) is 11.3. The molecule has 0 spiro atoms. The molecule has 0 radical (unpaired) electrons. The van der Waals surface area contributed by atoms with Gasteiger partial charge in [0.1, 0.15) is 0 Å². The minimum atomic E-state index is -0.214. The molecule has 2 aromatic rings. The van der Waals surface area contributed by atoms with Crippen LogP contribution in [-0.4, -0.2) is 29.8 Å².